The van der Waals surface area contributed by atoms with E-state index in [2.05, 4.69) is 5.32 Å². The second-order valence-corrected chi connectivity index (χ2v) is 9.74. The van der Waals surface area contributed by atoms with Crippen LogP contribution in [0.15, 0.2) is 48.5 Å². The van der Waals surface area contributed by atoms with Gasteiger partial charge in [0.15, 0.2) is 0 Å². The van der Waals surface area contributed by atoms with Gasteiger partial charge in [0, 0.05) is 12.0 Å². The molecule has 0 unspecified atom stereocenters. The van der Waals surface area contributed by atoms with Gasteiger partial charge < -0.3 is 10.1 Å². The third kappa shape index (κ3) is 4.65. The normalized spacial score (nSPS) is 17.9. The second kappa shape index (κ2) is 7.47. The van der Waals surface area contributed by atoms with Crippen LogP contribution in [0.5, 0.6) is 5.75 Å². The van der Waals surface area contributed by atoms with E-state index in [1.54, 1.807) is 30.3 Å². The predicted molar refractivity (Wildman–Crippen MR) is 110 cm³/mol. The van der Waals surface area contributed by atoms with Crippen molar-refractivity contribution in [3.8, 4) is 5.75 Å². The van der Waals surface area contributed by atoms with Crippen LogP contribution >= 0.6 is 0 Å². The molecule has 0 saturated carbocycles. The molecule has 2 aromatic rings. The van der Waals surface area contributed by atoms with Gasteiger partial charge in [-0.05, 0) is 39.0 Å². The zero-order valence-corrected chi connectivity index (χ0v) is 17.4. The molecule has 1 N–H and O–H groups in total. The molecule has 2 aromatic carbocycles. The molecule has 7 heteroatoms. The lowest BCUT2D eigenvalue weighted by Crippen LogP contribution is -2.45. The molecule has 28 heavy (non-hydrogen) atoms. The van der Waals surface area contributed by atoms with E-state index >= 15 is 0 Å². The molecule has 150 valence electrons. The van der Waals surface area contributed by atoms with Gasteiger partial charge in [0.1, 0.15) is 17.9 Å². The van der Waals surface area contributed by atoms with Crippen molar-refractivity contribution in [3.05, 3.63) is 59.7 Å². The molecular weight excluding hydrogens is 376 g/mol. The van der Waals surface area contributed by atoms with Crippen LogP contribution in [0.4, 0.5) is 5.69 Å². The summed E-state index contributed by atoms with van der Waals surface area (Å²) >= 11 is 0. The second-order valence-electron chi connectivity index (χ2n) is 7.83. The summed E-state index contributed by atoms with van der Waals surface area (Å²) < 4.78 is 31.6. The highest BCUT2D eigenvalue weighted by Gasteiger charge is 2.35. The Balaban J connectivity index is 1.83. The molecule has 1 atom stereocenters. The summed E-state index contributed by atoms with van der Waals surface area (Å²) in [5.41, 5.74) is 2.02. The van der Waals surface area contributed by atoms with Gasteiger partial charge in [-0.15, -0.1) is 0 Å². The minimum Gasteiger partial charge on any atom is -0.487 e. The number of aryl methyl sites for hydroxylation is 1. The Morgan fingerprint density at radius 3 is 2.54 bits per heavy atom. The standard InChI is InChI=1S/C21H26N2O4S/c1-15-10-11-19-17(12-15)18(13-21(2,3)27-19)22-20(24)14-23(28(4,25)26)16-8-6-5-7-9-16/h5-12,18H,13-14H2,1-4H3,(H,22,24)/t18-/m0/s1. The largest absolute Gasteiger partial charge is 0.487 e. The molecule has 0 aromatic heterocycles. The van der Waals surface area contributed by atoms with Crippen molar-refractivity contribution in [2.45, 2.75) is 38.8 Å². The fraction of sp³-hybridized carbons (Fsp3) is 0.381. The van der Waals surface area contributed by atoms with Gasteiger partial charge in [-0.1, -0.05) is 35.9 Å². The zero-order valence-electron chi connectivity index (χ0n) is 16.6. The smallest absolute Gasteiger partial charge is 0.241 e. The first-order valence-corrected chi connectivity index (χ1v) is 11.0. The number of hydrogen-bond donors (Lipinski definition) is 1. The first-order valence-electron chi connectivity index (χ1n) is 9.17. The van der Waals surface area contributed by atoms with E-state index in [4.69, 9.17) is 4.74 Å². The highest BCUT2D eigenvalue weighted by molar-refractivity contribution is 7.92. The molecule has 1 aliphatic heterocycles. The van der Waals surface area contributed by atoms with Crippen LogP contribution in [0.25, 0.3) is 0 Å². The van der Waals surface area contributed by atoms with Crippen molar-refractivity contribution in [2.75, 3.05) is 17.1 Å². The molecule has 3 rings (SSSR count). The number of anilines is 1. The molecule has 0 bridgehead atoms. The lowest BCUT2D eigenvalue weighted by Gasteiger charge is -2.38. The van der Waals surface area contributed by atoms with Crippen molar-refractivity contribution in [1.29, 1.82) is 0 Å². The Morgan fingerprint density at radius 2 is 1.89 bits per heavy atom. The number of carbonyl (C=O) groups excluding carboxylic acids is 1. The number of amides is 1. The van der Waals surface area contributed by atoms with Gasteiger partial charge in [0.2, 0.25) is 15.9 Å². The van der Waals surface area contributed by atoms with Crippen LogP contribution in [0.3, 0.4) is 0 Å². The van der Waals surface area contributed by atoms with Crippen molar-refractivity contribution in [3.63, 3.8) is 0 Å². The molecule has 0 saturated heterocycles. The molecule has 0 radical (unpaired) electrons. The summed E-state index contributed by atoms with van der Waals surface area (Å²) in [5.74, 6) is 0.389. The van der Waals surface area contributed by atoms with E-state index in [-0.39, 0.29) is 18.5 Å². The number of ether oxygens (including phenoxy) is 1. The summed E-state index contributed by atoms with van der Waals surface area (Å²) in [6, 6.07) is 14.3. The molecule has 1 aliphatic rings. The number of sulfonamides is 1. The molecule has 0 spiro atoms. The van der Waals surface area contributed by atoms with E-state index in [0.717, 1.165) is 27.4 Å². The monoisotopic (exact) mass is 402 g/mol. The number of nitrogens with one attached hydrogen (secondary N) is 1. The lowest BCUT2D eigenvalue weighted by molar-refractivity contribution is -0.120. The maximum absolute atomic E-state index is 12.8. The Kier molecular flexibility index (Phi) is 5.39. The van der Waals surface area contributed by atoms with E-state index < -0.39 is 15.6 Å². The van der Waals surface area contributed by atoms with Gasteiger partial charge in [-0.3, -0.25) is 9.10 Å². The number of carbonyl (C=O) groups is 1. The van der Waals surface area contributed by atoms with Crippen LogP contribution in [0.1, 0.15) is 37.4 Å². The first-order chi connectivity index (χ1) is 13.0. The highest BCUT2D eigenvalue weighted by atomic mass is 32.2. The molecule has 0 aliphatic carbocycles. The maximum atomic E-state index is 12.8. The summed E-state index contributed by atoms with van der Waals surface area (Å²) in [7, 11) is -3.60. The fourth-order valence-electron chi connectivity index (χ4n) is 3.47. The minimum atomic E-state index is -3.60. The SMILES string of the molecule is Cc1ccc2c(c1)[C@@H](NC(=O)CN(c1ccccc1)S(C)(=O)=O)CC(C)(C)O2. The van der Waals surface area contributed by atoms with Crippen LogP contribution in [-0.4, -0.2) is 32.7 Å². The molecule has 1 amide bonds. The molecular formula is C21H26N2O4S. The molecule has 6 nitrogen and oxygen atoms in total. The average molecular weight is 403 g/mol. The summed E-state index contributed by atoms with van der Waals surface area (Å²) in [5, 5.41) is 3.01. The fourth-order valence-corrected chi connectivity index (χ4v) is 4.32. The van der Waals surface area contributed by atoms with Gasteiger partial charge >= 0.3 is 0 Å². The topological polar surface area (TPSA) is 75.7 Å². The van der Waals surface area contributed by atoms with Crippen molar-refractivity contribution >= 4 is 21.6 Å². The average Bonchev–Trinajstić information content (AvgIpc) is 2.59. The summed E-state index contributed by atoms with van der Waals surface area (Å²) in [6.07, 6.45) is 1.70. The van der Waals surface area contributed by atoms with Crippen molar-refractivity contribution in [2.24, 2.45) is 0 Å². The van der Waals surface area contributed by atoms with Gasteiger partial charge in [-0.2, -0.15) is 0 Å². The van der Waals surface area contributed by atoms with Crippen LogP contribution in [-0.2, 0) is 14.8 Å². The first kappa shape index (κ1) is 20.2. The predicted octanol–water partition coefficient (Wildman–Crippen LogP) is 3.18. The number of hydrogen-bond acceptors (Lipinski definition) is 4. The Hall–Kier alpha value is -2.54. The quantitative estimate of drug-likeness (QED) is 0.833. The Labute approximate surface area is 166 Å². The third-order valence-corrected chi connectivity index (χ3v) is 5.83. The maximum Gasteiger partial charge on any atom is 0.241 e. The number of rotatable bonds is 5. The number of fused-ring (bicyclic) bond motifs is 1. The van der Waals surface area contributed by atoms with E-state index in [0.29, 0.717) is 12.1 Å². The van der Waals surface area contributed by atoms with Crippen LogP contribution in [0, 0.1) is 6.92 Å². The van der Waals surface area contributed by atoms with Crippen molar-refractivity contribution in [1.82, 2.24) is 5.32 Å². The highest BCUT2D eigenvalue weighted by Crippen LogP contribution is 2.39. The van der Waals surface area contributed by atoms with Crippen molar-refractivity contribution < 1.29 is 17.9 Å². The molecule has 0 fully saturated rings. The Morgan fingerprint density at radius 1 is 1.21 bits per heavy atom. The summed E-state index contributed by atoms with van der Waals surface area (Å²) in [4.78, 5) is 12.8. The summed E-state index contributed by atoms with van der Waals surface area (Å²) in [6.45, 7) is 5.66. The van der Waals surface area contributed by atoms with Gasteiger partial charge in [-0.25, -0.2) is 8.42 Å². The lowest BCUT2D eigenvalue weighted by atomic mass is 9.89. The van der Waals surface area contributed by atoms with Gasteiger partial charge in [0.25, 0.3) is 0 Å². The molecule has 1 heterocycles. The van der Waals surface area contributed by atoms with Crippen LogP contribution in [0.2, 0.25) is 0 Å². The number of benzene rings is 2. The third-order valence-electron chi connectivity index (χ3n) is 4.69. The zero-order chi connectivity index (χ0) is 20.5. The van der Waals surface area contributed by atoms with E-state index in [1.165, 1.54) is 0 Å². The number of para-hydroxylation sites is 1. The van der Waals surface area contributed by atoms with Gasteiger partial charge in [0.05, 0.1) is 18.0 Å². The van der Waals surface area contributed by atoms with Crippen LogP contribution < -0.4 is 14.4 Å². The Bertz CT molecular complexity index is 971. The minimum absolute atomic E-state index is 0.247. The number of nitrogens with zero attached hydrogens (tertiary/aromatic N) is 1. The van der Waals surface area contributed by atoms with E-state index in [9.17, 15) is 13.2 Å². The van der Waals surface area contributed by atoms with E-state index in [1.807, 2.05) is 39.0 Å².